The molecule has 3 aromatic heterocycles. The summed E-state index contributed by atoms with van der Waals surface area (Å²) in [6.07, 6.45) is 4.07. The molecule has 0 saturated carbocycles. The Kier molecular flexibility index (Phi) is 10.9. The lowest BCUT2D eigenvalue weighted by Crippen LogP contribution is -2.40. The van der Waals surface area contributed by atoms with Crippen LogP contribution in [0.15, 0.2) is 54.7 Å². The maximum absolute atomic E-state index is 12.7. The normalized spacial score (nSPS) is 13.1. The van der Waals surface area contributed by atoms with Crippen molar-refractivity contribution >= 4 is 25.3 Å². The molecular formula is C36H51N5O4Si. The number of carbonyl (C=O) groups is 1. The third-order valence-corrected chi connectivity index (χ3v) is 12.8. The van der Waals surface area contributed by atoms with Gasteiger partial charge in [0.2, 0.25) is 0 Å². The molecule has 0 aliphatic heterocycles. The molecule has 248 valence electrons. The van der Waals surface area contributed by atoms with Gasteiger partial charge < -0.3 is 19.2 Å². The van der Waals surface area contributed by atoms with E-state index in [0.29, 0.717) is 19.0 Å². The van der Waals surface area contributed by atoms with Gasteiger partial charge in [-0.05, 0) is 88.6 Å². The summed E-state index contributed by atoms with van der Waals surface area (Å²) in [7, 11) is -1.93. The minimum absolute atomic E-state index is 0.113. The number of nitrogens with one attached hydrogen (secondary N) is 1. The second-order valence-electron chi connectivity index (χ2n) is 14.2. The van der Waals surface area contributed by atoms with E-state index >= 15 is 0 Å². The number of unbranched alkanes of at least 4 members (excludes halogenated alkanes) is 1. The minimum Gasteiger partial charge on any atom is -0.493 e. The highest BCUT2D eigenvalue weighted by Crippen LogP contribution is 2.37. The average Bonchev–Trinajstić information content (AvgIpc) is 3.41. The summed E-state index contributed by atoms with van der Waals surface area (Å²) in [5.74, 6) is 1.43. The third-order valence-electron chi connectivity index (χ3n) is 8.31. The van der Waals surface area contributed by atoms with Gasteiger partial charge in [-0.25, -0.2) is 14.5 Å². The molecule has 0 fully saturated rings. The predicted molar refractivity (Wildman–Crippen MR) is 187 cm³/mol. The first-order valence-electron chi connectivity index (χ1n) is 16.3. The van der Waals surface area contributed by atoms with Crippen LogP contribution in [-0.2, 0) is 15.8 Å². The Hall–Kier alpha value is -3.76. The standard InChI is InChI=1S/C36H51N5O4Si/c1-11-13-17-30(40-34(42)45-35(3,4)5)29-19-15-18-28(39-29)25-21-31-27(32(22-25)43-12-2)23-37-41(31)33-20-14-16-26(38-33)24-44-46(9,10)36(6,7)8/h14-16,18-23,30H,11-13,17,24H2,1-10H3,(H,40,42)/t30-/m0/s1. The highest BCUT2D eigenvalue weighted by molar-refractivity contribution is 6.74. The fourth-order valence-electron chi connectivity index (χ4n) is 4.79. The Morgan fingerprint density at radius 1 is 1.00 bits per heavy atom. The van der Waals surface area contributed by atoms with Crippen LogP contribution in [0.25, 0.3) is 28.0 Å². The second kappa shape index (κ2) is 14.3. The summed E-state index contributed by atoms with van der Waals surface area (Å²) in [5.41, 5.74) is 3.55. The Balaban J connectivity index is 1.71. The molecular weight excluding hydrogens is 595 g/mol. The number of alkyl carbamates (subject to hydrolysis) is 1. The number of amides is 1. The van der Waals surface area contributed by atoms with Gasteiger partial charge >= 0.3 is 6.09 Å². The zero-order valence-corrected chi connectivity index (χ0v) is 30.2. The smallest absolute Gasteiger partial charge is 0.408 e. The molecule has 0 aliphatic rings. The Labute approximate surface area is 275 Å². The molecule has 46 heavy (non-hydrogen) atoms. The summed E-state index contributed by atoms with van der Waals surface area (Å²) in [6, 6.07) is 15.6. The van der Waals surface area contributed by atoms with Crippen molar-refractivity contribution in [3.05, 3.63) is 66.1 Å². The predicted octanol–water partition coefficient (Wildman–Crippen LogP) is 9.16. The molecule has 1 aromatic carbocycles. The van der Waals surface area contributed by atoms with E-state index in [1.54, 1.807) is 0 Å². The zero-order chi connectivity index (χ0) is 33.7. The van der Waals surface area contributed by atoms with Crippen molar-refractivity contribution in [2.45, 2.75) is 111 Å². The number of fused-ring (bicyclic) bond motifs is 1. The lowest BCUT2D eigenvalue weighted by Gasteiger charge is -2.36. The summed E-state index contributed by atoms with van der Waals surface area (Å²) in [5, 5.41) is 8.78. The van der Waals surface area contributed by atoms with Crippen LogP contribution >= 0.6 is 0 Å². The number of rotatable bonds is 12. The molecule has 4 aromatic rings. The van der Waals surface area contributed by atoms with Crippen LogP contribution in [0, 0.1) is 0 Å². The molecule has 0 spiro atoms. The van der Waals surface area contributed by atoms with Crippen LogP contribution in [0.1, 0.15) is 92.1 Å². The quantitative estimate of drug-likeness (QED) is 0.153. The van der Waals surface area contributed by atoms with Crippen molar-refractivity contribution in [1.29, 1.82) is 0 Å². The number of hydrogen-bond donors (Lipinski definition) is 1. The van der Waals surface area contributed by atoms with Gasteiger partial charge in [0.25, 0.3) is 0 Å². The first kappa shape index (κ1) is 35.1. The molecule has 0 aliphatic carbocycles. The molecule has 0 bridgehead atoms. The number of nitrogens with zero attached hydrogens (tertiary/aromatic N) is 4. The third kappa shape index (κ3) is 8.73. The molecule has 9 nitrogen and oxygen atoms in total. The second-order valence-corrected chi connectivity index (χ2v) is 19.0. The largest absolute Gasteiger partial charge is 0.493 e. The molecule has 0 radical (unpaired) electrons. The van der Waals surface area contributed by atoms with Crippen molar-refractivity contribution < 1.29 is 18.7 Å². The van der Waals surface area contributed by atoms with E-state index in [1.807, 2.05) is 81.0 Å². The van der Waals surface area contributed by atoms with Crippen LogP contribution in [0.4, 0.5) is 4.79 Å². The minimum atomic E-state index is -1.93. The zero-order valence-electron chi connectivity index (χ0n) is 29.2. The molecule has 1 N–H and O–H groups in total. The molecule has 3 heterocycles. The van der Waals surface area contributed by atoms with Gasteiger partial charge in [0.15, 0.2) is 14.1 Å². The number of pyridine rings is 2. The monoisotopic (exact) mass is 645 g/mol. The highest BCUT2D eigenvalue weighted by atomic mass is 28.4. The van der Waals surface area contributed by atoms with Crippen LogP contribution in [-0.4, -0.2) is 46.4 Å². The Morgan fingerprint density at radius 2 is 1.74 bits per heavy atom. The van der Waals surface area contributed by atoms with E-state index in [4.69, 9.17) is 29.0 Å². The van der Waals surface area contributed by atoms with Gasteiger partial charge in [0, 0.05) is 5.56 Å². The van der Waals surface area contributed by atoms with Gasteiger partial charge in [-0.1, -0.05) is 52.7 Å². The maximum atomic E-state index is 12.7. The summed E-state index contributed by atoms with van der Waals surface area (Å²) >= 11 is 0. The first-order valence-corrected chi connectivity index (χ1v) is 19.2. The van der Waals surface area contributed by atoms with Crippen molar-refractivity contribution in [3.63, 3.8) is 0 Å². The van der Waals surface area contributed by atoms with Gasteiger partial charge in [0.05, 0.1) is 53.4 Å². The highest BCUT2D eigenvalue weighted by Gasteiger charge is 2.37. The van der Waals surface area contributed by atoms with Crippen molar-refractivity contribution in [3.8, 4) is 22.8 Å². The molecule has 0 saturated heterocycles. The van der Waals surface area contributed by atoms with Crippen LogP contribution in [0.3, 0.4) is 0 Å². The topological polar surface area (TPSA) is 100 Å². The average molecular weight is 646 g/mol. The van der Waals surface area contributed by atoms with E-state index in [-0.39, 0.29) is 11.1 Å². The van der Waals surface area contributed by atoms with Crippen molar-refractivity contribution in [2.24, 2.45) is 0 Å². The fourth-order valence-corrected chi connectivity index (χ4v) is 5.74. The van der Waals surface area contributed by atoms with Gasteiger partial charge in [0.1, 0.15) is 11.4 Å². The first-order chi connectivity index (χ1) is 21.6. The van der Waals surface area contributed by atoms with Crippen molar-refractivity contribution in [1.82, 2.24) is 25.1 Å². The number of carbonyl (C=O) groups excluding carboxylic acids is 1. The SMILES string of the molecule is CCCC[C@H](NC(=O)OC(C)(C)C)c1cccc(-c2cc(OCC)c3cnn(-c4cccc(CO[Si](C)(C)C(C)(C)C)n4)c3c2)n1. The molecule has 4 rings (SSSR count). The van der Waals surface area contributed by atoms with Crippen molar-refractivity contribution in [2.75, 3.05) is 6.61 Å². The Bertz CT molecular complexity index is 1640. The summed E-state index contributed by atoms with van der Waals surface area (Å²) in [6.45, 7) is 21.8. The van der Waals surface area contributed by atoms with Crippen LogP contribution < -0.4 is 10.1 Å². The number of hydrogen-bond acceptors (Lipinski definition) is 7. The molecule has 1 amide bonds. The van der Waals surface area contributed by atoms with E-state index in [9.17, 15) is 4.79 Å². The lowest BCUT2D eigenvalue weighted by molar-refractivity contribution is 0.0499. The number of ether oxygens (including phenoxy) is 2. The van der Waals surface area contributed by atoms with Gasteiger partial charge in [-0.2, -0.15) is 5.10 Å². The molecule has 0 unspecified atom stereocenters. The molecule has 1 atom stereocenters. The lowest BCUT2D eigenvalue weighted by atomic mass is 10.0. The summed E-state index contributed by atoms with van der Waals surface area (Å²) < 4.78 is 20.0. The van der Waals surface area contributed by atoms with E-state index < -0.39 is 20.0 Å². The number of benzene rings is 1. The van der Waals surface area contributed by atoms with Crippen LogP contribution in [0.5, 0.6) is 5.75 Å². The maximum Gasteiger partial charge on any atom is 0.408 e. The van der Waals surface area contributed by atoms with Gasteiger partial charge in [-0.3, -0.25) is 4.98 Å². The van der Waals surface area contributed by atoms with Gasteiger partial charge in [-0.15, -0.1) is 0 Å². The molecule has 10 heteroatoms. The van der Waals surface area contributed by atoms with E-state index in [1.165, 1.54) is 0 Å². The Morgan fingerprint density at radius 3 is 2.41 bits per heavy atom. The fraction of sp³-hybridized carbons (Fsp3) is 0.500. The van der Waals surface area contributed by atoms with E-state index in [2.05, 4.69) is 52.2 Å². The number of aromatic nitrogens is 4. The summed E-state index contributed by atoms with van der Waals surface area (Å²) in [4.78, 5) is 22.7. The van der Waals surface area contributed by atoms with Crippen LogP contribution in [0.2, 0.25) is 18.1 Å². The van der Waals surface area contributed by atoms with E-state index in [0.717, 1.165) is 58.6 Å².